The van der Waals surface area contributed by atoms with Gasteiger partial charge < -0.3 is 5.32 Å². The molecule has 2 nitrogen and oxygen atoms in total. The Morgan fingerprint density at radius 2 is 1.44 bits per heavy atom. The molecule has 2 aromatic rings. The summed E-state index contributed by atoms with van der Waals surface area (Å²) >= 11 is 3.42. The molecule has 0 saturated heterocycles. The van der Waals surface area contributed by atoms with Crippen LogP contribution in [0.3, 0.4) is 0 Å². The molecule has 0 aliphatic carbocycles. The normalized spacial score (nSPS) is 10.3. The van der Waals surface area contributed by atoms with Gasteiger partial charge in [0.15, 0.2) is 0 Å². The zero-order valence-electron chi connectivity index (χ0n) is 8.86. The van der Waals surface area contributed by atoms with Crippen molar-refractivity contribution < 1.29 is 0 Å². The molecule has 1 N–H and O–H groups in total. The number of nitrogens with one attached hydrogen (secondary N) is 1. The minimum Gasteiger partial charge on any atom is -0.309 e. The third-order valence-corrected chi connectivity index (χ3v) is 2.85. The van der Waals surface area contributed by atoms with Crippen LogP contribution in [0.15, 0.2) is 53.3 Å². The molecule has 0 aliphatic rings. The monoisotopic (exact) mass is 276 g/mol. The number of hydrogen-bond donors (Lipinski definition) is 1. The van der Waals surface area contributed by atoms with E-state index < -0.39 is 0 Å². The maximum absolute atomic E-state index is 3.99. The summed E-state index contributed by atoms with van der Waals surface area (Å²) in [5.41, 5.74) is 2.55. The molecule has 0 atom stereocenters. The summed E-state index contributed by atoms with van der Waals surface area (Å²) in [7, 11) is 0. The maximum atomic E-state index is 3.99. The fourth-order valence-electron chi connectivity index (χ4n) is 1.45. The molecular formula is C13H13BrN2. The topological polar surface area (TPSA) is 24.9 Å². The number of halogens is 1. The molecule has 0 radical (unpaired) electrons. The van der Waals surface area contributed by atoms with Crippen molar-refractivity contribution in [1.82, 2.24) is 10.3 Å². The van der Waals surface area contributed by atoms with Gasteiger partial charge in [0.2, 0.25) is 0 Å². The smallest absolute Gasteiger partial charge is 0.0271 e. The molecular weight excluding hydrogens is 264 g/mol. The average molecular weight is 277 g/mol. The van der Waals surface area contributed by atoms with Crippen molar-refractivity contribution in [1.29, 1.82) is 0 Å². The van der Waals surface area contributed by atoms with Crippen LogP contribution in [0.5, 0.6) is 0 Å². The number of nitrogens with zero attached hydrogens (tertiary/aromatic N) is 1. The molecule has 82 valence electrons. The lowest BCUT2D eigenvalue weighted by atomic mass is 10.2. The first-order valence-corrected chi connectivity index (χ1v) is 5.98. The van der Waals surface area contributed by atoms with Crippen molar-refractivity contribution in [2.75, 3.05) is 0 Å². The van der Waals surface area contributed by atoms with Gasteiger partial charge in [-0.15, -0.1) is 0 Å². The van der Waals surface area contributed by atoms with Crippen LogP contribution in [0, 0.1) is 0 Å². The quantitative estimate of drug-likeness (QED) is 0.928. The first-order chi connectivity index (χ1) is 7.84. The maximum Gasteiger partial charge on any atom is 0.0271 e. The van der Waals surface area contributed by atoms with Gasteiger partial charge in [0.25, 0.3) is 0 Å². The van der Waals surface area contributed by atoms with Gasteiger partial charge in [0, 0.05) is 30.0 Å². The molecule has 0 spiro atoms. The molecule has 0 unspecified atom stereocenters. The van der Waals surface area contributed by atoms with Crippen LogP contribution in [-0.4, -0.2) is 4.98 Å². The van der Waals surface area contributed by atoms with Gasteiger partial charge in [0.05, 0.1) is 0 Å². The van der Waals surface area contributed by atoms with E-state index in [1.54, 1.807) is 0 Å². The highest BCUT2D eigenvalue weighted by molar-refractivity contribution is 9.10. The van der Waals surface area contributed by atoms with Crippen LogP contribution in [-0.2, 0) is 13.1 Å². The Morgan fingerprint density at radius 3 is 2.06 bits per heavy atom. The largest absolute Gasteiger partial charge is 0.309 e. The van der Waals surface area contributed by atoms with Crippen molar-refractivity contribution in [3.8, 4) is 0 Å². The van der Waals surface area contributed by atoms with E-state index in [4.69, 9.17) is 0 Å². The summed E-state index contributed by atoms with van der Waals surface area (Å²) in [5.74, 6) is 0. The van der Waals surface area contributed by atoms with E-state index in [1.807, 2.05) is 24.5 Å². The highest BCUT2D eigenvalue weighted by Crippen LogP contribution is 2.10. The zero-order valence-corrected chi connectivity index (χ0v) is 10.4. The molecule has 2 rings (SSSR count). The third-order valence-electron chi connectivity index (χ3n) is 2.32. The van der Waals surface area contributed by atoms with Crippen molar-refractivity contribution >= 4 is 15.9 Å². The molecule has 1 heterocycles. The highest BCUT2D eigenvalue weighted by Gasteiger charge is 1.94. The lowest BCUT2D eigenvalue weighted by molar-refractivity contribution is 0.692. The van der Waals surface area contributed by atoms with Gasteiger partial charge in [-0.1, -0.05) is 28.1 Å². The summed E-state index contributed by atoms with van der Waals surface area (Å²) < 4.78 is 1.12. The first kappa shape index (κ1) is 11.3. The molecule has 0 amide bonds. The van der Waals surface area contributed by atoms with Gasteiger partial charge in [0.1, 0.15) is 0 Å². The van der Waals surface area contributed by atoms with Gasteiger partial charge in [-0.3, -0.25) is 4.98 Å². The minimum absolute atomic E-state index is 0.874. The number of aromatic nitrogens is 1. The number of hydrogen-bond acceptors (Lipinski definition) is 2. The number of pyridine rings is 1. The van der Waals surface area contributed by atoms with Crippen LogP contribution >= 0.6 is 15.9 Å². The Labute approximate surface area is 104 Å². The molecule has 0 fully saturated rings. The van der Waals surface area contributed by atoms with E-state index in [-0.39, 0.29) is 0 Å². The Morgan fingerprint density at radius 1 is 0.875 bits per heavy atom. The standard InChI is InChI=1S/C13H13BrN2/c14-13-3-1-11(2-4-13)9-16-10-12-5-7-15-8-6-12/h1-8,16H,9-10H2. The Bertz CT molecular complexity index is 425. The predicted octanol–water partition coefficient (Wildman–Crippen LogP) is 3.13. The summed E-state index contributed by atoms with van der Waals surface area (Å²) in [6, 6.07) is 12.4. The fourth-order valence-corrected chi connectivity index (χ4v) is 1.72. The third kappa shape index (κ3) is 3.43. The molecule has 1 aromatic carbocycles. The van der Waals surface area contributed by atoms with E-state index in [2.05, 4.69) is 50.5 Å². The van der Waals surface area contributed by atoms with Gasteiger partial charge in [-0.05, 0) is 35.4 Å². The van der Waals surface area contributed by atoms with Crippen LogP contribution in [0.25, 0.3) is 0 Å². The number of rotatable bonds is 4. The molecule has 0 bridgehead atoms. The summed E-state index contributed by atoms with van der Waals surface area (Å²) in [6.07, 6.45) is 3.63. The van der Waals surface area contributed by atoms with Crippen molar-refractivity contribution in [3.05, 3.63) is 64.4 Å². The second kappa shape index (κ2) is 5.77. The zero-order chi connectivity index (χ0) is 11.2. The van der Waals surface area contributed by atoms with Gasteiger partial charge in [-0.25, -0.2) is 0 Å². The highest BCUT2D eigenvalue weighted by atomic mass is 79.9. The molecule has 1 aromatic heterocycles. The molecule has 0 saturated carbocycles. The van der Waals surface area contributed by atoms with E-state index in [1.165, 1.54) is 11.1 Å². The second-order valence-corrected chi connectivity index (χ2v) is 4.50. The lowest BCUT2D eigenvalue weighted by Gasteiger charge is -2.04. The van der Waals surface area contributed by atoms with Gasteiger partial charge >= 0.3 is 0 Å². The first-order valence-electron chi connectivity index (χ1n) is 5.18. The number of benzene rings is 1. The summed E-state index contributed by atoms with van der Waals surface area (Å²) in [4.78, 5) is 3.99. The molecule has 16 heavy (non-hydrogen) atoms. The Hall–Kier alpha value is -1.19. The van der Waals surface area contributed by atoms with Crippen LogP contribution in [0.1, 0.15) is 11.1 Å². The van der Waals surface area contributed by atoms with Crippen molar-refractivity contribution in [3.63, 3.8) is 0 Å². The minimum atomic E-state index is 0.874. The van der Waals surface area contributed by atoms with Crippen molar-refractivity contribution in [2.24, 2.45) is 0 Å². The fraction of sp³-hybridized carbons (Fsp3) is 0.154. The van der Waals surface area contributed by atoms with Crippen LogP contribution < -0.4 is 5.32 Å². The van der Waals surface area contributed by atoms with E-state index in [9.17, 15) is 0 Å². The molecule has 3 heteroatoms. The van der Waals surface area contributed by atoms with Crippen LogP contribution in [0.4, 0.5) is 0 Å². The second-order valence-electron chi connectivity index (χ2n) is 3.59. The van der Waals surface area contributed by atoms with Gasteiger partial charge in [-0.2, -0.15) is 0 Å². The van der Waals surface area contributed by atoms with E-state index in [0.29, 0.717) is 0 Å². The van der Waals surface area contributed by atoms with E-state index >= 15 is 0 Å². The lowest BCUT2D eigenvalue weighted by Crippen LogP contribution is -2.12. The van der Waals surface area contributed by atoms with Crippen molar-refractivity contribution in [2.45, 2.75) is 13.1 Å². The van der Waals surface area contributed by atoms with E-state index in [0.717, 1.165) is 17.6 Å². The van der Waals surface area contributed by atoms with Crippen LogP contribution in [0.2, 0.25) is 0 Å². The molecule has 0 aliphatic heterocycles. The SMILES string of the molecule is Brc1ccc(CNCc2ccncc2)cc1. The Balaban J connectivity index is 1.82. The average Bonchev–Trinajstić information content (AvgIpc) is 2.33. The predicted molar refractivity (Wildman–Crippen MR) is 68.9 cm³/mol. The summed E-state index contributed by atoms with van der Waals surface area (Å²) in [6.45, 7) is 1.76. The summed E-state index contributed by atoms with van der Waals surface area (Å²) in [5, 5.41) is 3.39. The Kier molecular flexibility index (Phi) is 4.08.